The summed E-state index contributed by atoms with van der Waals surface area (Å²) in [7, 11) is 0. The van der Waals surface area contributed by atoms with Crippen molar-refractivity contribution >= 4 is 38.5 Å². The quantitative estimate of drug-likeness (QED) is 0.752. The van der Waals surface area contributed by atoms with Crippen LogP contribution in [0, 0.1) is 0 Å². The van der Waals surface area contributed by atoms with Gasteiger partial charge in [-0.2, -0.15) is 0 Å². The van der Waals surface area contributed by atoms with E-state index in [0.29, 0.717) is 16.4 Å². The van der Waals surface area contributed by atoms with Gasteiger partial charge in [0.2, 0.25) is 0 Å². The van der Waals surface area contributed by atoms with Crippen molar-refractivity contribution in [3.05, 3.63) is 54.1 Å². The van der Waals surface area contributed by atoms with Crippen LogP contribution in [0.3, 0.4) is 0 Å². The van der Waals surface area contributed by atoms with Crippen LogP contribution in [-0.4, -0.2) is 23.4 Å². The van der Waals surface area contributed by atoms with Gasteiger partial charge in [0.25, 0.3) is 11.8 Å². The molecule has 0 fully saturated rings. The Hall–Kier alpha value is -2.93. The fourth-order valence-corrected chi connectivity index (χ4v) is 2.81. The zero-order valence-electron chi connectivity index (χ0n) is 12.0. The molecule has 0 spiro atoms. The number of fused-ring (bicyclic) bond motifs is 1. The maximum absolute atomic E-state index is 12.2. The minimum absolute atomic E-state index is 0.197. The number of nitrogens with one attached hydrogen (secondary N) is 1. The average molecular weight is 327 g/mol. The molecule has 116 valence electrons. The molecule has 1 heterocycles. The van der Waals surface area contributed by atoms with E-state index in [1.54, 1.807) is 24.3 Å². The van der Waals surface area contributed by atoms with Gasteiger partial charge in [-0.25, -0.2) is 4.98 Å². The SMILES string of the molecule is NC(=O)COc1ccc(C(=O)Nc2nc3ccccc3s2)cc1. The lowest BCUT2D eigenvalue weighted by Gasteiger charge is -2.05. The third kappa shape index (κ3) is 3.64. The van der Waals surface area contributed by atoms with E-state index >= 15 is 0 Å². The number of carbonyl (C=O) groups is 2. The lowest BCUT2D eigenvalue weighted by Crippen LogP contribution is -2.20. The number of para-hydroxylation sites is 1. The van der Waals surface area contributed by atoms with Crippen LogP contribution in [0.2, 0.25) is 0 Å². The Kier molecular flexibility index (Phi) is 4.20. The van der Waals surface area contributed by atoms with Crippen LogP contribution in [0.5, 0.6) is 5.75 Å². The molecule has 1 aromatic heterocycles. The van der Waals surface area contributed by atoms with Gasteiger partial charge in [-0.1, -0.05) is 23.5 Å². The van der Waals surface area contributed by atoms with Gasteiger partial charge in [-0.15, -0.1) is 0 Å². The normalized spacial score (nSPS) is 10.4. The van der Waals surface area contributed by atoms with Crippen molar-refractivity contribution in [3.63, 3.8) is 0 Å². The second-order valence-electron chi connectivity index (χ2n) is 4.72. The summed E-state index contributed by atoms with van der Waals surface area (Å²) in [5.41, 5.74) is 6.32. The van der Waals surface area contributed by atoms with Crippen molar-refractivity contribution in [2.45, 2.75) is 0 Å². The molecule has 3 N–H and O–H groups in total. The number of benzene rings is 2. The highest BCUT2D eigenvalue weighted by Gasteiger charge is 2.10. The van der Waals surface area contributed by atoms with Gasteiger partial charge in [0.1, 0.15) is 5.75 Å². The molecule has 3 aromatic rings. The van der Waals surface area contributed by atoms with E-state index < -0.39 is 5.91 Å². The number of ether oxygens (including phenoxy) is 1. The number of nitrogens with two attached hydrogens (primary N) is 1. The molecule has 0 atom stereocenters. The van der Waals surface area contributed by atoms with Crippen LogP contribution in [0.1, 0.15) is 10.4 Å². The topological polar surface area (TPSA) is 94.3 Å². The van der Waals surface area contributed by atoms with E-state index in [0.717, 1.165) is 10.2 Å². The van der Waals surface area contributed by atoms with E-state index in [9.17, 15) is 9.59 Å². The molecular weight excluding hydrogens is 314 g/mol. The predicted octanol–water partition coefficient (Wildman–Crippen LogP) is 2.41. The van der Waals surface area contributed by atoms with E-state index in [4.69, 9.17) is 10.5 Å². The molecule has 7 heteroatoms. The molecular formula is C16H13N3O3S. The standard InChI is InChI=1S/C16H13N3O3S/c17-14(20)9-22-11-7-5-10(6-8-11)15(21)19-16-18-12-3-1-2-4-13(12)23-16/h1-8H,9H2,(H2,17,20)(H,18,19,21). The Labute approximate surface area is 135 Å². The second-order valence-corrected chi connectivity index (χ2v) is 5.75. The van der Waals surface area contributed by atoms with Crippen molar-refractivity contribution in [1.29, 1.82) is 0 Å². The molecule has 0 saturated carbocycles. The smallest absolute Gasteiger partial charge is 0.257 e. The second kappa shape index (κ2) is 6.45. The molecule has 0 saturated heterocycles. The Bertz CT molecular complexity index is 825. The van der Waals surface area contributed by atoms with Crippen LogP contribution in [-0.2, 0) is 4.79 Å². The number of amides is 2. The van der Waals surface area contributed by atoms with Crippen LogP contribution >= 0.6 is 11.3 Å². The van der Waals surface area contributed by atoms with Crippen molar-refractivity contribution in [1.82, 2.24) is 4.98 Å². The first kappa shape index (κ1) is 15.0. The summed E-state index contributed by atoms with van der Waals surface area (Å²) in [5, 5.41) is 3.32. The van der Waals surface area contributed by atoms with Crippen molar-refractivity contribution in [2.24, 2.45) is 5.73 Å². The van der Waals surface area contributed by atoms with E-state index in [2.05, 4.69) is 10.3 Å². The van der Waals surface area contributed by atoms with Crippen LogP contribution in [0.4, 0.5) is 5.13 Å². The van der Waals surface area contributed by atoms with E-state index in [1.165, 1.54) is 11.3 Å². The maximum atomic E-state index is 12.2. The van der Waals surface area contributed by atoms with Gasteiger partial charge in [-0.3, -0.25) is 14.9 Å². The highest BCUT2D eigenvalue weighted by Crippen LogP contribution is 2.25. The number of aromatic nitrogens is 1. The van der Waals surface area contributed by atoms with Gasteiger partial charge in [0.05, 0.1) is 10.2 Å². The van der Waals surface area contributed by atoms with Crippen LogP contribution < -0.4 is 15.8 Å². The first-order valence-corrected chi connectivity index (χ1v) is 7.61. The monoisotopic (exact) mass is 327 g/mol. The van der Waals surface area contributed by atoms with E-state index in [1.807, 2.05) is 24.3 Å². The highest BCUT2D eigenvalue weighted by molar-refractivity contribution is 7.22. The molecule has 2 amide bonds. The Balaban J connectivity index is 1.69. The highest BCUT2D eigenvalue weighted by atomic mass is 32.1. The van der Waals surface area contributed by atoms with Gasteiger partial charge in [0.15, 0.2) is 11.7 Å². The van der Waals surface area contributed by atoms with E-state index in [-0.39, 0.29) is 12.5 Å². The molecule has 0 aliphatic carbocycles. The summed E-state index contributed by atoms with van der Waals surface area (Å²) in [6.07, 6.45) is 0. The zero-order valence-corrected chi connectivity index (χ0v) is 12.8. The molecule has 6 nitrogen and oxygen atoms in total. The summed E-state index contributed by atoms with van der Waals surface area (Å²) in [4.78, 5) is 27.2. The van der Waals surface area contributed by atoms with Crippen LogP contribution in [0.15, 0.2) is 48.5 Å². The minimum atomic E-state index is -0.553. The largest absolute Gasteiger partial charge is 0.484 e. The van der Waals surface area contributed by atoms with Crippen LogP contribution in [0.25, 0.3) is 10.2 Å². The third-order valence-electron chi connectivity index (χ3n) is 3.01. The van der Waals surface area contributed by atoms with Gasteiger partial charge >= 0.3 is 0 Å². The first-order chi connectivity index (χ1) is 11.1. The first-order valence-electron chi connectivity index (χ1n) is 6.80. The number of nitrogens with zero attached hydrogens (tertiary/aromatic N) is 1. The third-order valence-corrected chi connectivity index (χ3v) is 3.96. The molecule has 0 unspecified atom stereocenters. The zero-order chi connectivity index (χ0) is 16.2. The summed E-state index contributed by atoms with van der Waals surface area (Å²) in [5.74, 6) is -0.339. The van der Waals surface area contributed by atoms with Crippen molar-refractivity contribution in [2.75, 3.05) is 11.9 Å². The minimum Gasteiger partial charge on any atom is -0.484 e. The fraction of sp³-hybridized carbons (Fsp3) is 0.0625. The molecule has 23 heavy (non-hydrogen) atoms. The Morgan fingerprint density at radius 1 is 1.13 bits per heavy atom. The van der Waals surface area contributed by atoms with Gasteiger partial charge in [-0.05, 0) is 36.4 Å². The predicted molar refractivity (Wildman–Crippen MR) is 88.7 cm³/mol. The fourth-order valence-electron chi connectivity index (χ4n) is 1.95. The summed E-state index contributed by atoms with van der Waals surface area (Å²) >= 11 is 1.42. The molecule has 0 radical (unpaired) electrons. The number of primary amides is 1. The average Bonchev–Trinajstić information content (AvgIpc) is 2.95. The molecule has 2 aromatic carbocycles. The number of thiazole rings is 1. The van der Waals surface area contributed by atoms with Crippen molar-refractivity contribution in [3.8, 4) is 5.75 Å². The lowest BCUT2D eigenvalue weighted by atomic mass is 10.2. The lowest BCUT2D eigenvalue weighted by molar-refractivity contribution is -0.119. The Morgan fingerprint density at radius 3 is 2.57 bits per heavy atom. The van der Waals surface area contributed by atoms with Gasteiger partial charge < -0.3 is 10.5 Å². The summed E-state index contributed by atoms with van der Waals surface area (Å²) in [6.45, 7) is -0.197. The number of rotatable bonds is 5. The number of carbonyl (C=O) groups excluding carboxylic acids is 2. The molecule has 0 aliphatic rings. The maximum Gasteiger partial charge on any atom is 0.257 e. The molecule has 0 aliphatic heterocycles. The summed E-state index contributed by atoms with van der Waals surface area (Å²) < 4.78 is 6.16. The molecule has 0 bridgehead atoms. The van der Waals surface area contributed by atoms with Crippen molar-refractivity contribution < 1.29 is 14.3 Å². The van der Waals surface area contributed by atoms with Gasteiger partial charge in [0, 0.05) is 5.56 Å². The summed E-state index contributed by atoms with van der Waals surface area (Å²) in [6, 6.07) is 14.1. The Morgan fingerprint density at radius 2 is 1.87 bits per heavy atom. The number of hydrogen-bond acceptors (Lipinski definition) is 5. The number of hydrogen-bond donors (Lipinski definition) is 2. The number of anilines is 1. The molecule has 3 rings (SSSR count).